The third kappa shape index (κ3) is 2.71. The quantitative estimate of drug-likeness (QED) is 0.860. The first kappa shape index (κ1) is 14.2. The highest BCUT2D eigenvalue weighted by Crippen LogP contribution is 2.40. The maximum Gasteiger partial charge on any atom is 0.232 e. The summed E-state index contributed by atoms with van der Waals surface area (Å²) in [5, 5.41) is 11.8. The molecule has 1 spiro atoms. The van der Waals surface area contributed by atoms with Crippen LogP contribution in [-0.4, -0.2) is 47.6 Å². The Hall–Kier alpha value is -1.72. The van der Waals surface area contributed by atoms with Crippen molar-refractivity contribution in [3.05, 3.63) is 29.5 Å². The van der Waals surface area contributed by atoms with Gasteiger partial charge in [0.2, 0.25) is 5.91 Å². The molecule has 0 aromatic carbocycles. The van der Waals surface area contributed by atoms with Gasteiger partial charge in [-0.3, -0.25) is 4.79 Å². The van der Waals surface area contributed by atoms with Gasteiger partial charge in [0.15, 0.2) is 0 Å². The smallest absolute Gasteiger partial charge is 0.232 e. The van der Waals surface area contributed by atoms with E-state index >= 15 is 0 Å². The molecule has 1 aromatic heterocycles. The second-order valence-corrected chi connectivity index (χ2v) is 6.08. The highest BCUT2D eigenvalue weighted by molar-refractivity contribution is 5.97. The van der Waals surface area contributed by atoms with Gasteiger partial charge in [-0.1, -0.05) is 12.2 Å². The van der Waals surface area contributed by atoms with Crippen molar-refractivity contribution in [3.8, 4) is 0 Å². The Bertz CT molecular complexity index is 575. The molecule has 2 N–H and O–H groups in total. The number of nitrogens with one attached hydrogen (secondary N) is 1. The third-order valence-electron chi connectivity index (χ3n) is 4.59. The molecule has 0 bridgehead atoms. The number of piperidine rings is 1. The van der Waals surface area contributed by atoms with E-state index in [9.17, 15) is 4.79 Å². The number of aromatic nitrogens is 1. The molecule has 0 saturated carbocycles. The number of pyridine rings is 1. The van der Waals surface area contributed by atoms with Crippen molar-refractivity contribution in [3.63, 3.8) is 0 Å². The van der Waals surface area contributed by atoms with Crippen molar-refractivity contribution in [2.75, 3.05) is 32.1 Å². The SMILES string of the molecule is CN1CCC2(CC1)Cc1cc(C=CCO)cnc1NC2=O. The zero-order chi connectivity index (χ0) is 14.9. The lowest BCUT2D eigenvalue weighted by Gasteiger charge is -2.42. The topological polar surface area (TPSA) is 65.5 Å². The number of aliphatic hydroxyl groups excluding tert-OH is 1. The van der Waals surface area contributed by atoms with Gasteiger partial charge >= 0.3 is 0 Å². The summed E-state index contributed by atoms with van der Waals surface area (Å²) in [5.74, 6) is 0.806. The van der Waals surface area contributed by atoms with Gasteiger partial charge in [0, 0.05) is 6.20 Å². The minimum atomic E-state index is -0.277. The predicted octanol–water partition coefficient (Wildman–Crippen LogP) is 1.29. The van der Waals surface area contributed by atoms with Crippen LogP contribution in [0.5, 0.6) is 0 Å². The predicted molar refractivity (Wildman–Crippen MR) is 81.9 cm³/mol. The average Bonchev–Trinajstić information content (AvgIpc) is 2.49. The summed E-state index contributed by atoms with van der Waals surface area (Å²) in [6.07, 6.45) is 7.81. The summed E-state index contributed by atoms with van der Waals surface area (Å²) in [5.41, 5.74) is 1.78. The fourth-order valence-electron chi connectivity index (χ4n) is 3.19. The second kappa shape index (κ2) is 5.58. The van der Waals surface area contributed by atoms with Crippen LogP contribution < -0.4 is 5.32 Å². The molecule has 5 nitrogen and oxygen atoms in total. The van der Waals surface area contributed by atoms with E-state index < -0.39 is 0 Å². The highest BCUT2D eigenvalue weighted by Gasteiger charge is 2.44. The summed E-state index contributed by atoms with van der Waals surface area (Å²) >= 11 is 0. The fraction of sp³-hybridized carbons (Fsp3) is 0.500. The molecule has 1 amide bonds. The lowest BCUT2D eigenvalue weighted by atomic mass is 9.71. The molecule has 3 rings (SSSR count). The first-order valence-corrected chi connectivity index (χ1v) is 7.39. The van der Waals surface area contributed by atoms with Gasteiger partial charge in [0.05, 0.1) is 12.0 Å². The molecule has 21 heavy (non-hydrogen) atoms. The normalized spacial score (nSPS) is 21.5. The van der Waals surface area contributed by atoms with Crippen LogP contribution in [0.3, 0.4) is 0 Å². The third-order valence-corrected chi connectivity index (χ3v) is 4.59. The molecule has 0 unspecified atom stereocenters. The van der Waals surface area contributed by atoms with Crippen molar-refractivity contribution in [2.24, 2.45) is 5.41 Å². The molecule has 0 radical (unpaired) electrons. The number of rotatable bonds is 2. The number of fused-ring (bicyclic) bond motifs is 1. The zero-order valence-corrected chi connectivity index (χ0v) is 12.3. The van der Waals surface area contributed by atoms with Gasteiger partial charge in [-0.05, 0) is 56.6 Å². The van der Waals surface area contributed by atoms with Gasteiger partial charge in [0.1, 0.15) is 5.82 Å². The standard InChI is InChI=1S/C16H21N3O2/c1-19-6-4-16(5-7-19)10-13-9-12(3-2-8-20)11-17-14(13)18-15(16)21/h2-3,9,11,20H,4-8,10H2,1H3,(H,17,18,21). The summed E-state index contributed by atoms with van der Waals surface area (Å²) in [4.78, 5) is 19.1. The van der Waals surface area contributed by atoms with Crippen molar-refractivity contribution in [2.45, 2.75) is 19.3 Å². The largest absolute Gasteiger partial charge is 0.392 e. The van der Waals surface area contributed by atoms with Crippen LogP contribution >= 0.6 is 0 Å². The monoisotopic (exact) mass is 287 g/mol. The van der Waals surface area contributed by atoms with Gasteiger partial charge in [-0.15, -0.1) is 0 Å². The first-order chi connectivity index (χ1) is 10.1. The van der Waals surface area contributed by atoms with Crippen LogP contribution in [-0.2, 0) is 11.2 Å². The Balaban J connectivity index is 1.88. The summed E-state index contributed by atoms with van der Waals surface area (Å²) in [6.45, 7) is 1.94. The van der Waals surface area contributed by atoms with Crippen LogP contribution in [0.2, 0.25) is 0 Å². The van der Waals surface area contributed by atoms with E-state index in [1.54, 1.807) is 12.3 Å². The summed E-state index contributed by atoms with van der Waals surface area (Å²) in [6, 6.07) is 2.06. The molecule has 5 heteroatoms. The Morgan fingerprint density at radius 1 is 1.48 bits per heavy atom. The van der Waals surface area contributed by atoms with E-state index in [-0.39, 0.29) is 17.9 Å². The highest BCUT2D eigenvalue weighted by atomic mass is 16.2. The van der Waals surface area contributed by atoms with Crippen LogP contribution in [0.4, 0.5) is 5.82 Å². The van der Waals surface area contributed by atoms with Gasteiger partial charge < -0.3 is 15.3 Å². The molecule has 2 aliphatic heterocycles. The number of hydrogen-bond acceptors (Lipinski definition) is 4. The number of carbonyl (C=O) groups excluding carboxylic acids is 1. The summed E-state index contributed by atoms with van der Waals surface area (Å²) in [7, 11) is 2.10. The molecule has 1 saturated heterocycles. The minimum Gasteiger partial charge on any atom is -0.392 e. The molecule has 112 valence electrons. The van der Waals surface area contributed by atoms with Crippen LogP contribution in [0.25, 0.3) is 6.08 Å². The number of aliphatic hydroxyl groups is 1. The fourth-order valence-corrected chi connectivity index (χ4v) is 3.19. The number of anilines is 1. The lowest BCUT2D eigenvalue weighted by Crippen LogP contribution is -2.49. The van der Waals surface area contributed by atoms with Gasteiger partial charge in [0.25, 0.3) is 0 Å². The van der Waals surface area contributed by atoms with E-state index in [1.807, 2.05) is 6.08 Å². The van der Waals surface area contributed by atoms with Crippen LogP contribution in [0.15, 0.2) is 18.3 Å². The number of amides is 1. The van der Waals surface area contributed by atoms with Crippen molar-refractivity contribution >= 4 is 17.8 Å². The number of likely N-dealkylation sites (tertiary alicyclic amines) is 1. The van der Waals surface area contributed by atoms with E-state index in [0.717, 1.165) is 43.5 Å². The number of hydrogen-bond donors (Lipinski definition) is 2. The second-order valence-electron chi connectivity index (χ2n) is 6.08. The lowest BCUT2D eigenvalue weighted by molar-refractivity contribution is -0.128. The molecule has 1 fully saturated rings. The van der Waals surface area contributed by atoms with Gasteiger partial charge in [-0.25, -0.2) is 4.98 Å². The van der Waals surface area contributed by atoms with E-state index in [0.29, 0.717) is 5.82 Å². The number of nitrogens with zero attached hydrogens (tertiary/aromatic N) is 2. The zero-order valence-electron chi connectivity index (χ0n) is 12.3. The number of carbonyl (C=O) groups is 1. The minimum absolute atomic E-state index is 0.0179. The molecule has 0 atom stereocenters. The van der Waals surface area contributed by atoms with Crippen LogP contribution in [0, 0.1) is 5.41 Å². The van der Waals surface area contributed by atoms with E-state index in [2.05, 4.69) is 28.3 Å². The Morgan fingerprint density at radius 3 is 2.95 bits per heavy atom. The maximum atomic E-state index is 12.5. The molecule has 1 aromatic rings. The maximum absolute atomic E-state index is 12.5. The van der Waals surface area contributed by atoms with Gasteiger partial charge in [-0.2, -0.15) is 0 Å². The van der Waals surface area contributed by atoms with Crippen LogP contribution in [0.1, 0.15) is 24.0 Å². The molecule has 2 aliphatic rings. The van der Waals surface area contributed by atoms with Crippen molar-refractivity contribution in [1.29, 1.82) is 0 Å². The summed E-state index contributed by atoms with van der Waals surface area (Å²) < 4.78 is 0. The Kier molecular flexibility index (Phi) is 3.78. The molecule has 3 heterocycles. The molecular formula is C16H21N3O2. The van der Waals surface area contributed by atoms with Crippen molar-refractivity contribution in [1.82, 2.24) is 9.88 Å². The van der Waals surface area contributed by atoms with Crippen molar-refractivity contribution < 1.29 is 9.90 Å². The molecular weight excluding hydrogens is 266 g/mol. The molecule has 0 aliphatic carbocycles. The first-order valence-electron chi connectivity index (χ1n) is 7.39. The van der Waals surface area contributed by atoms with E-state index in [1.165, 1.54) is 0 Å². The van der Waals surface area contributed by atoms with E-state index in [4.69, 9.17) is 5.11 Å². The average molecular weight is 287 g/mol. The Labute approximate surface area is 124 Å². The Morgan fingerprint density at radius 2 is 2.24 bits per heavy atom.